The smallest absolute Gasteiger partial charge is 0.314 e. The number of hydrogen-bond acceptors (Lipinski definition) is 4. The Morgan fingerprint density at radius 1 is 1.45 bits per heavy atom. The van der Waals surface area contributed by atoms with E-state index in [1.807, 2.05) is 0 Å². The SMILES string of the molecule is CCS(=O)(=O)[C@H]1[C@@H](c2cccc(Cl)c2)[C@@]1(CO)C(=O)O. The number of rotatable bonds is 5. The molecular weight excluding hydrogens is 304 g/mol. The third-order valence-corrected chi connectivity index (χ3v) is 6.42. The Labute approximate surface area is 122 Å². The fourth-order valence-corrected chi connectivity index (χ4v) is 5.05. The highest BCUT2D eigenvalue weighted by atomic mass is 35.5. The molecule has 2 N–H and O–H groups in total. The Bertz CT molecular complexity index is 642. The number of carboxylic acid groups (broad SMARTS) is 1. The number of carboxylic acids is 1. The van der Waals surface area contributed by atoms with Gasteiger partial charge in [0.25, 0.3) is 0 Å². The minimum Gasteiger partial charge on any atom is -0.481 e. The quantitative estimate of drug-likeness (QED) is 0.854. The molecule has 0 aliphatic heterocycles. The summed E-state index contributed by atoms with van der Waals surface area (Å²) in [5.74, 6) is -2.23. The summed E-state index contributed by atoms with van der Waals surface area (Å²) in [7, 11) is -3.58. The van der Waals surface area contributed by atoms with Crippen LogP contribution in [0, 0.1) is 5.41 Å². The molecule has 0 aromatic heterocycles. The van der Waals surface area contributed by atoms with Gasteiger partial charge in [0.1, 0.15) is 5.41 Å². The van der Waals surface area contributed by atoms with Crippen molar-refractivity contribution in [1.29, 1.82) is 0 Å². The first-order valence-corrected chi connectivity index (χ1v) is 8.22. The summed E-state index contributed by atoms with van der Waals surface area (Å²) in [4.78, 5) is 11.5. The van der Waals surface area contributed by atoms with Crippen LogP contribution in [0.5, 0.6) is 0 Å². The van der Waals surface area contributed by atoms with E-state index in [9.17, 15) is 23.4 Å². The van der Waals surface area contributed by atoms with Gasteiger partial charge in [-0.05, 0) is 17.7 Å². The van der Waals surface area contributed by atoms with Gasteiger partial charge in [0.2, 0.25) is 0 Å². The van der Waals surface area contributed by atoms with Gasteiger partial charge in [0.15, 0.2) is 9.84 Å². The second-order valence-electron chi connectivity index (χ2n) is 4.91. The van der Waals surface area contributed by atoms with Crippen molar-refractivity contribution >= 4 is 27.4 Å². The van der Waals surface area contributed by atoms with Crippen molar-refractivity contribution in [3.8, 4) is 0 Å². The van der Waals surface area contributed by atoms with E-state index in [1.54, 1.807) is 24.3 Å². The molecule has 1 aromatic carbocycles. The maximum absolute atomic E-state index is 12.1. The average Bonchev–Trinajstić information content (AvgIpc) is 3.10. The van der Waals surface area contributed by atoms with Crippen LogP contribution in [0.1, 0.15) is 18.4 Å². The molecule has 1 aromatic rings. The van der Waals surface area contributed by atoms with E-state index in [1.165, 1.54) is 6.92 Å². The van der Waals surface area contributed by atoms with Crippen molar-refractivity contribution < 1.29 is 23.4 Å². The minimum absolute atomic E-state index is 0.163. The zero-order chi connectivity index (χ0) is 15.1. The monoisotopic (exact) mass is 318 g/mol. The molecule has 3 atom stereocenters. The molecule has 0 radical (unpaired) electrons. The summed E-state index contributed by atoms with van der Waals surface area (Å²) in [6, 6.07) is 6.44. The lowest BCUT2D eigenvalue weighted by atomic mass is 10.0. The normalized spacial score (nSPS) is 29.1. The van der Waals surface area contributed by atoms with Gasteiger partial charge in [-0.3, -0.25) is 4.79 Å². The molecule has 20 heavy (non-hydrogen) atoms. The number of halogens is 1. The third kappa shape index (κ3) is 2.12. The molecule has 110 valence electrons. The summed E-state index contributed by atoms with van der Waals surface area (Å²) in [5, 5.41) is 18.1. The molecular formula is C13H15ClO5S. The summed E-state index contributed by atoms with van der Waals surface area (Å²) in [5.41, 5.74) is -1.14. The molecule has 0 heterocycles. The molecule has 7 heteroatoms. The van der Waals surface area contributed by atoms with Crippen LogP contribution in [0.25, 0.3) is 0 Å². The predicted molar refractivity (Wildman–Crippen MR) is 74.6 cm³/mol. The zero-order valence-corrected chi connectivity index (χ0v) is 12.4. The Hall–Kier alpha value is -1.11. The van der Waals surface area contributed by atoms with Gasteiger partial charge >= 0.3 is 5.97 Å². The predicted octanol–water partition coefficient (Wildman–Crippen LogP) is 1.30. The third-order valence-electron chi connectivity index (χ3n) is 3.91. The van der Waals surface area contributed by atoms with Crippen LogP contribution in [-0.4, -0.2) is 42.2 Å². The number of aliphatic hydroxyl groups is 1. The van der Waals surface area contributed by atoms with E-state index < -0.39 is 39.0 Å². The molecule has 0 amide bonds. The summed E-state index contributed by atoms with van der Waals surface area (Å²) >= 11 is 5.87. The number of hydrogen-bond donors (Lipinski definition) is 2. The van der Waals surface area contributed by atoms with Gasteiger partial charge in [-0.15, -0.1) is 0 Å². The number of carbonyl (C=O) groups is 1. The number of sulfone groups is 1. The number of benzene rings is 1. The van der Waals surface area contributed by atoms with Gasteiger partial charge in [0, 0.05) is 16.7 Å². The number of aliphatic carboxylic acids is 1. The van der Waals surface area contributed by atoms with Crippen LogP contribution in [0.4, 0.5) is 0 Å². The van der Waals surface area contributed by atoms with Gasteiger partial charge in [-0.25, -0.2) is 8.42 Å². The van der Waals surface area contributed by atoms with Crippen molar-refractivity contribution in [3.05, 3.63) is 34.9 Å². The Kier molecular flexibility index (Phi) is 3.83. The maximum atomic E-state index is 12.1. The van der Waals surface area contributed by atoms with E-state index in [0.717, 1.165) is 0 Å². The van der Waals surface area contributed by atoms with Crippen LogP contribution < -0.4 is 0 Å². The zero-order valence-electron chi connectivity index (χ0n) is 10.8. The Morgan fingerprint density at radius 3 is 2.55 bits per heavy atom. The lowest BCUT2D eigenvalue weighted by Gasteiger charge is -2.08. The highest BCUT2D eigenvalue weighted by Crippen LogP contribution is 2.63. The van der Waals surface area contributed by atoms with Crippen molar-refractivity contribution in [3.63, 3.8) is 0 Å². The molecule has 1 aliphatic carbocycles. The minimum atomic E-state index is -3.58. The largest absolute Gasteiger partial charge is 0.481 e. The number of aliphatic hydroxyl groups excluding tert-OH is 1. The van der Waals surface area contributed by atoms with Gasteiger partial charge in [-0.2, -0.15) is 0 Å². The first-order valence-electron chi connectivity index (χ1n) is 6.12. The fourth-order valence-electron chi connectivity index (χ4n) is 2.79. The molecule has 0 bridgehead atoms. The van der Waals surface area contributed by atoms with Crippen LogP contribution in [0.2, 0.25) is 5.02 Å². The molecule has 1 aliphatic rings. The van der Waals surface area contributed by atoms with Crippen molar-refractivity contribution in [2.24, 2.45) is 5.41 Å². The van der Waals surface area contributed by atoms with Crippen LogP contribution in [-0.2, 0) is 14.6 Å². The van der Waals surface area contributed by atoms with E-state index in [0.29, 0.717) is 10.6 Å². The van der Waals surface area contributed by atoms with E-state index in [4.69, 9.17) is 11.6 Å². The van der Waals surface area contributed by atoms with E-state index in [-0.39, 0.29) is 5.75 Å². The average molecular weight is 319 g/mol. The van der Waals surface area contributed by atoms with Gasteiger partial charge < -0.3 is 10.2 Å². The molecule has 0 unspecified atom stereocenters. The molecule has 1 saturated carbocycles. The summed E-state index contributed by atoms with van der Waals surface area (Å²) in [6.45, 7) is 0.746. The molecule has 0 spiro atoms. The molecule has 0 saturated heterocycles. The van der Waals surface area contributed by atoms with E-state index >= 15 is 0 Å². The second-order valence-corrected chi connectivity index (χ2v) is 7.76. The standard InChI is InChI=1S/C13H15ClO5S/c1-2-20(18,19)11-10(13(11,7-15)12(16)17)8-4-3-5-9(14)6-8/h3-6,10-11,15H,2,7H2,1H3,(H,16,17)/t10-,11+,13-/m1/s1. The van der Waals surface area contributed by atoms with Crippen molar-refractivity contribution in [2.45, 2.75) is 18.1 Å². The fraction of sp³-hybridized carbons (Fsp3) is 0.462. The molecule has 1 fully saturated rings. The first-order chi connectivity index (χ1) is 9.31. The lowest BCUT2D eigenvalue weighted by molar-refractivity contribution is -0.145. The van der Waals surface area contributed by atoms with Gasteiger partial charge in [0.05, 0.1) is 11.9 Å². The highest BCUT2D eigenvalue weighted by molar-refractivity contribution is 7.92. The Morgan fingerprint density at radius 2 is 2.10 bits per heavy atom. The lowest BCUT2D eigenvalue weighted by Crippen LogP contribution is -2.28. The van der Waals surface area contributed by atoms with Crippen molar-refractivity contribution in [1.82, 2.24) is 0 Å². The first kappa shape index (κ1) is 15.3. The van der Waals surface area contributed by atoms with Crippen LogP contribution in [0.3, 0.4) is 0 Å². The summed E-state index contributed by atoms with van der Waals surface area (Å²) < 4.78 is 24.2. The summed E-state index contributed by atoms with van der Waals surface area (Å²) in [6.07, 6.45) is 0. The van der Waals surface area contributed by atoms with E-state index in [2.05, 4.69) is 0 Å². The maximum Gasteiger partial charge on any atom is 0.314 e. The van der Waals surface area contributed by atoms with Crippen LogP contribution in [0.15, 0.2) is 24.3 Å². The van der Waals surface area contributed by atoms with Crippen molar-refractivity contribution in [2.75, 3.05) is 12.4 Å². The van der Waals surface area contributed by atoms with Crippen LogP contribution >= 0.6 is 11.6 Å². The van der Waals surface area contributed by atoms with Gasteiger partial charge in [-0.1, -0.05) is 30.7 Å². The second kappa shape index (κ2) is 5.02. The highest BCUT2D eigenvalue weighted by Gasteiger charge is 2.75. The topological polar surface area (TPSA) is 91.7 Å². The molecule has 2 rings (SSSR count). The molecule has 5 nitrogen and oxygen atoms in total. The Balaban J connectivity index is 2.54.